The molecule has 106 valence electrons. The molecule has 0 saturated heterocycles. The molecule has 4 heteroatoms. The minimum atomic E-state index is 0.377. The summed E-state index contributed by atoms with van der Waals surface area (Å²) in [5.41, 5.74) is 9.86. The van der Waals surface area contributed by atoms with Crippen molar-refractivity contribution in [2.75, 3.05) is 6.54 Å². The van der Waals surface area contributed by atoms with Crippen molar-refractivity contribution in [1.82, 2.24) is 9.97 Å². The van der Waals surface area contributed by atoms with Crippen LogP contribution in [0.2, 0.25) is 0 Å². The summed E-state index contributed by atoms with van der Waals surface area (Å²) in [6, 6.07) is 8.12. The molecule has 0 radical (unpaired) electrons. The van der Waals surface area contributed by atoms with E-state index in [1.165, 1.54) is 11.1 Å². The summed E-state index contributed by atoms with van der Waals surface area (Å²) in [6.45, 7) is 7.04. The lowest BCUT2D eigenvalue weighted by atomic mass is 10.1. The Bertz CT molecular complexity index is 576. The monoisotopic (exact) mass is 271 g/mol. The standard InChI is InChI=1S/C16H21N3O/c1-11-6-12(2)8-15(7-11)20-10-16-18-13(3)9-14(19-16)4-5-17/h6-9H,4-5,10,17H2,1-3H3. The fourth-order valence-corrected chi connectivity index (χ4v) is 2.20. The summed E-state index contributed by atoms with van der Waals surface area (Å²) in [4.78, 5) is 8.87. The summed E-state index contributed by atoms with van der Waals surface area (Å²) in [6.07, 6.45) is 0.764. The van der Waals surface area contributed by atoms with Crippen LogP contribution in [0.5, 0.6) is 5.75 Å². The third kappa shape index (κ3) is 4.03. The van der Waals surface area contributed by atoms with Gasteiger partial charge in [0, 0.05) is 17.8 Å². The van der Waals surface area contributed by atoms with Crippen LogP contribution < -0.4 is 10.5 Å². The minimum Gasteiger partial charge on any atom is -0.486 e. The van der Waals surface area contributed by atoms with Crippen molar-refractivity contribution in [3.8, 4) is 5.75 Å². The van der Waals surface area contributed by atoms with Crippen molar-refractivity contribution in [2.24, 2.45) is 5.73 Å². The van der Waals surface area contributed by atoms with Gasteiger partial charge >= 0.3 is 0 Å². The lowest BCUT2D eigenvalue weighted by Gasteiger charge is -2.09. The van der Waals surface area contributed by atoms with Crippen LogP contribution in [-0.2, 0) is 13.0 Å². The van der Waals surface area contributed by atoms with Gasteiger partial charge in [-0.3, -0.25) is 0 Å². The Hall–Kier alpha value is -1.94. The number of aromatic nitrogens is 2. The fraction of sp³-hybridized carbons (Fsp3) is 0.375. The second kappa shape index (κ2) is 6.48. The van der Waals surface area contributed by atoms with E-state index in [1.54, 1.807) is 0 Å². The zero-order chi connectivity index (χ0) is 14.5. The maximum absolute atomic E-state index is 5.79. The Morgan fingerprint density at radius 2 is 1.70 bits per heavy atom. The zero-order valence-corrected chi connectivity index (χ0v) is 12.3. The molecule has 1 aromatic heterocycles. The Kier molecular flexibility index (Phi) is 4.69. The number of hydrogen-bond donors (Lipinski definition) is 1. The van der Waals surface area contributed by atoms with Crippen molar-refractivity contribution in [1.29, 1.82) is 0 Å². The molecule has 0 fully saturated rings. The molecule has 0 spiro atoms. The average molecular weight is 271 g/mol. The van der Waals surface area contributed by atoms with Crippen LogP contribution in [0.15, 0.2) is 24.3 Å². The van der Waals surface area contributed by atoms with Gasteiger partial charge in [0.1, 0.15) is 12.4 Å². The van der Waals surface area contributed by atoms with Crippen molar-refractivity contribution in [2.45, 2.75) is 33.8 Å². The van der Waals surface area contributed by atoms with E-state index in [9.17, 15) is 0 Å². The fourth-order valence-electron chi connectivity index (χ4n) is 2.20. The predicted molar refractivity (Wildman–Crippen MR) is 79.8 cm³/mol. The second-order valence-electron chi connectivity index (χ2n) is 5.07. The first-order valence-electron chi connectivity index (χ1n) is 6.81. The van der Waals surface area contributed by atoms with E-state index in [1.807, 2.05) is 25.1 Å². The summed E-state index contributed by atoms with van der Waals surface area (Å²) in [5, 5.41) is 0. The molecule has 0 bridgehead atoms. The molecule has 0 aliphatic carbocycles. The highest BCUT2D eigenvalue weighted by Crippen LogP contribution is 2.17. The number of benzene rings is 1. The van der Waals surface area contributed by atoms with Crippen LogP contribution in [0.3, 0.4) is 0 Å². The molecule has 0 aliphatic heterocycles. The van der Waals surface area contributed by atoms with Crippen LogP contribution in [0, 0.1) is 20.8 Å². The first-order chi connectivity index (χ1) is 9.56. The van der Waals surface area contributed by atoms with Gasteiger partial charge in [-0.15, -0.1) is 0 Å². The second-order valence-corrected chi connectivity index (χ2v) is 5.07. The summed E-state index contributed by atoms with van der Waals surface area (Å²) in [5.74, 6) is 1.56. The highest BCUT2D eigenvalue weighted by Gasteiger charge is 2.04. The molecule has 4 nitrogen and oxygen atoms in total. The van der Waals surface area contributed by atoms with Crippen LogP contribution >= 0.6 is 0 Å². The maximum atomic E-state index is 5.79. The van der Waals surface area contributed by atoms with Crippen LogP contribution in [-0.4, -0.2) is 16.5 Å². The molecule has 0 saturated carbocycles. The van der Waals surface area contributed by atoms with Crippen molar-refractivity contribution in [3.63, 3.8) is 0 Å². The predicted octanol–water partition coefficient (Wildman–Crippen LogP) is 2.48. The number of ether oxygens (including phenoxy) is 1. The first-order valence-corrected chi connectivity index (χ1v) is 6.81. The van der Waals surface area contributed by atoms with Crippen LogP contribution in [0.1, 0.15) is 28.3 Å². The minimum absolute atomic E-state index is 0.377. The Balaban J connectivity index is 2.10. The number of rotatable bonds is 5. The molecule has 0 unspecified atom stereocenters. The largest absolute Gasteiger partial charge is 0.486 e. The topological polar surface area (TPSA) is 61.0 Å². The molecule has 1 aromatic carbocycles. The Morgan fingerprint density at radius 1 is 1.00 bits per heavy atom. The van der Waals surface area contributed by atoms with Crippen LogP contribution in [0.4, 0.5) is 0 Å². The lowest BCUT2D eigenvalue weighted by molar-refractivity contribution is 0.294. The normalized spacial score (nSPS) is 10.6. The smallest absolute Gasteiger partial charge is 0.166 e. The molecule has 2 rings (SSSR count). The lowest BCUT2D eigenvalue weighted by Crippen LogP contribution is -2.09. The third-order valence-electron chi connectivity index (χ3n) is 2.92. The molecule has 0 atom stereocenters. The van der Waals surface area contributed by atoms with Crippen molar-refractivity contribution in [3.05, 3.63) is 52.6 Å². The molecule has 20 heavy (non-hydrogen) atoms. The van der Waals surface area contributed by atoms with Crippen LogP contribution in [0.25, 0.3) is 0 Å². The SMILES string of the molecule is Cc1cc(C)cc(OCc2nc(C)cc(CCN)n2)c1. The highest BCUT2D eigenvalue weighted by atomic mass is 16.5. The number of hydrogen-bond acceptors (Lipinski definition) is 4. The summed E-state index contributed by atoms with van der Waals surface area (Å²) in [7, 11) is 0. The molecule has 2 N–H and O–H groups in total. The van der Waals surface area contributed by atoms with Gasteiger partial charge < -0.3 is 10.5 Å². The molecular weight excluding hydrogens is 250 g/mol. The van der Waals surface area contributed by atoms with Gasteiger partial charge in [-0.25, -0.2) is 9.97 Å². The van der Waals surface area contributed by atoms with E-state index in [4.69, 9.17) is 10.5 Å². The zero-order valence-electron chi connectivity index (χ0n) is 12.3. The van der Waals surface area contributed by atoms with E-state index in [0.717, 1.165) is 23.6 Å². The van der Waals surface area contributed by atoms with Crippen molar-refractivity contribution >= 4 is 0 Å². The third-order valence-corrected chi connectivity index (χ3v) is 2.92. The van der Waals surface area contributed by atoms with E-state index in [0.29, 0.717) is 19.0 Å². The first kappa shape index (κ1) is 14.5. The molecular formula is C16H21N3O. The quantitative estimate of drug-likeness (QED) is 0.907. The number of nitrogens with two attached hydrogens (primary N) is 1. The van der Waals surface area contributed by atoms with Gasteiger partial charge in [0.15, 0.2) is 5.82 Å². The number of nitrogens with zero attached hydrogens (tertiary/aromatic N) is 2. The van der Waals surface area contributed by atoms with Gasteiger partial charge in [-0.05, 0) is 56.6 Å². The Labute approximate surface area is 120 Å². The van der Waals surface area contributed by atoms with E-state index >= 15 is 0 Å². The van der Waals surface area contributed by atoms with Gasteiger partial charge in [-0.2, -0.15) is 0 Å². The Morgan fingerprint density at radius 3 is 2.35 bits per heavy atom. The van der Waals surface area contributed by atoms with E-state index in [2.05, 4.69) is 29.9 Å². The van der Waals surface area contributed by atoms with Crippen molar-refractivity contribution < 1.29 is 4.74 Å². The van der Waals surface area contributed by atoms with Gasteiger partial charge in [0.2, 0.25) is 0 Å². The maximum Gasteiger partial charge on any atom is 0.166 e. The molecule has 1 heterocycles. The summed E-state index contributed by atoms with van der Waals surface area (Å²) < 4.78 is 5.79. The van der Waals surface area contributed by atoms with E-state index in [-0.39, 0.29) is 0 Å². The molecule has 0 aliphatic rings. The van der Waals surface area contributed by atoms with Gasteiger partial charge in [0.05, 0.1) is 0 Å². The van der Waals surface area contributed by atoms with Gasteiger partial charge in [0.25, 0.3) is 0 Å². The highest BCUT2D eigenvalue weighted by molar-refractivity contribution is 5.33. The van der Waals surface area contributed by atoms with E-state index < -0.39 is 0 Å². The molecule has 2 aromatic rings. The summed E-state index contributed by atoms with van der Waals surface area (Å²) >= 11 is 0. The number of aryl methyl sites for hydroxylation is 3. The average Bonchev–Trinajstić information content (AvgIpc) is 2.35. The van der Waals surface area contributed by atoms with Gasteiger partial charge in [-0.1, -0.05) is 6.07 Å². The molecule has 0 amide bonds.